The van der Waals surface area contributed by atoms with E-state index in [9.17, 15) is 19.5 Å². The number of carboxylic acid groups (broad SMARTS) is 1. The topological polar surface area (TPSA) is 74.7 Å². The molecule has 4 aromatic rings. The number of rotatable bonds is 7. The van der Waals surface area contributed by atoms with E-state index in [1.165, 1.54) is 4.90 Å². The van der Waals surface area contributed by atoms with Gasteiger partial charge in [-0.2, -0.15) is 0 Å². The first-order chi connectivity index (χ1) is 17.0. The van der Waals surface area contributed by atoms with Crippen LogP contribution in [0.15, 0.2) is 115 Å². The lowest BCUT2D eigenvalue weighted by Crippen LogP contribution is -2.50. The molecular weight excluding hydrogens is 457 g/mol. The molecule has 1 heterocycles. The molecule has 1 amide bonds. The van der Waals surface area contributed by atoms with Crippen LogP contribution in [0.3, 0.4) is 0 Å². The van der Waals surface area contributed by atoms with Crippen molar-refractivity contribution in [2.75, 3.05) is 11.1 Å². The molecule has 0 radical (unpaired) electrons. The van der Waals surface area contributed by atoms with E-state index in [1.807, 2.05) is 91.0 Å². The summed E-state index contributed by atoms with van der Waals surface area (Å²) < 4.78 is 0. The van der Waals surface area contributed by atoms with Crippen LogP contribution in [-0.4, -0.2) is 35.0 Å². The van der Waals surface area contributed by atoms with Crippen LogP contribution >= 0.6 is 7.26 Å². The van der Waals surface area contributed by atoms with Crippen LogP contribution in [0.25, 0.3) is 0 Å². The fraction of sp³-hybridized carbons (Fsp3) is 0.0690. The van der Waals surface area contributed by atoms with Crippen LogP contribution in [0.2, 0.25) is 0 Å². The Labute approximate surface area is 204 Å². The van der Waals surface area contributed by atoms with Crippen LogP contribution in [0, 0.1) is 0 Å². The minimum Gasteiger partial charge on any atom is -0.480 e. The molecule has 5 rings (SSSR count). The number of anilines is 1. The van der Waals surface area contributed by atoms with Gasteiger partial charge in [0.05, 0.1) is 11.3 Å². The molecule has 1 aliphatic heterocycles. The van der Waals surface area contributed by atoms with Gasteiger partial charge in [0.2, 0.25) is 0 Å². The van der Waals surface area contributed by atoms with Crippen molar-refractivity contribution in [3.63, 3.8) is 0 Å². The molecule has 0 fully saturated rings. The fourth-order valence-corrected chi connectivity index (χ4v) is 9.27. The Morgan fingerprint density at radius 3 is 1.57 bits per heavy atom. The third-order valence-electron chi connectivity index (χ3n) is 6.46. The van der Waals surface area contributed by atoms with Crippen LogP contribution in [0.4, 0.5) is 5.69 Å². The second-order valence-electron chi connectivity index (χ2n) is 8.37. The zero-order chi connectivity index (χ0) is 24.4. The van der Waals surface area contributed by atoms with E-state index in [2.05, 4.69) is 0 Å². The van der Waals surface area contributed by atoms with Gasteiger partial charge in [-0.15, -0.1) is 0 Å². The number of hydrogen-bond donors (Lipinski definition) is 1. The number of fused-ring (bicyclic) bond motifs is 1. The molecule has 1 aliphatic rings. The maximum atomic E-state index is 13.1. The molecule has 1 unspecified atom stereocenters. The van der Waals surface area contributed by atoms with Gasteiger partial charge < -0.3 is 5.11 Å². The summed E-state index contributed by atoms with van der Waals surface area (Å²) in [5.74, 6) is -2.61. The van der Waals surface area contributed by atoms with Crippen molar-refractivity contribution in [2.45, 2.75) is 6.04 Å². The van der Waals surface area contributed by atoms with Crippen molar-refractivity contribution in [1.82, 2.24) is 0 Å². The van der Waals surface area contributed by atoms with Gasteiger partial charge in [0, 0.05) is 0 Å². The van der Waals surface area contributed by atoms with Gasteiger partial charge in [-0.1, -0.05) is 66.7 Å². The Balaban J connectivity index is 1.75. The molecule has 0 saturated carbocycles. The van der Waals surface area contributed by atoms with Gasteiger partial charge in [-0.05, 0) is 48.5 Å². The standard InChI is InChI=1S/C29H22NO4P/c31-27-24-18-10-11-19-25(24)30(28(27)32)26(29(33)34)20-35(21-12-4-1-5-13-21,22-14-6-2-7-15-22)23-16-8-3-9-17-23/h1-19,26H,20H2/p+1. The van der Waals surface area contributed by atoms with E-state index in [1.54, 1.807) is 24.3 Å². The first kappa shape index (κ1) is 22.7. The SMILES string of the molecule is O=C1C(=O)N(C(C[P+](c2ccccc2)(c2ccccc2)c2ccccc2)C(=O)O)c2ccccc21. The van der Waals surface area contributed by atoms with Crippen LogP contribution in [0.1, 0.15) is 10.4 Å². The van der Waals surface area contributed by atoms with Gasteiger partial charge in [0.1, 0.15) is 29.3 Å². The summed E-state index contributed by atoms with van der Waals surface area (Å²) in [6.07, 6.45) is 0.147. The smallest absolute Gasteiger partial charge is 0.330 e. The summed E-state index contributed by atoms with van der Waals surface area (Å²) in [5, 5.41) is 13.5. The Morgan fingerprint density at radius 1 is 0.686 bits per heavy atom. The normalized spacial score (nSPS) is 14.0. The number of carboxylic acids is 1. The summed E-state index contributed by atoms with van der Waals surface area (Å²) in [6, 6.07) is 35.0. The first-order valence-corrected chi connectivity index (χ1v) is 13.3. The highest BCUT2D eigenvalue weighted by molar-refractivity contribution is 7.95. The summed E-state index contributed by atoms with van der Waals surface area (Å²) in [5.41, 5.74) is 0.592. The van der Waals surface area contributed by atoms with Crippen LogP contribution in [-0.2, 0) is 9.59 Å². The molecule has 5 nitrogen and oxygen atoms in total. The van der Waals surface area contributed by atoms with Crippen molar-refractivity contribution in [2.24, 2.45) is 0 Å². The van der Waals surface area contributed by atoms with Crippen LogP contribution < -0.4 is 20.8 Å². The molecule has 1 atom stereocenters. The number of nitrogens with zero attached hydrogens (tertiary/aromatic N) is 1. The minimum atomic E-state index is -2.56. The quantitative estimate of drug-likeness (QED) is 0.324. The second kappa shape index (κ2) is 9.28. The summed E-state index contributed by atoms with van der Waals surface area (Å²) >= 11 is 0. The second-order valence-corrected chi connectivity index (χ2v) is 11.9. The molecule has 0 bridgehead atoms. The Hall–Kier alpha value is -4.08. The molecule has 6 heteroatoms. The van der Waals surface area contributed by atoms with Crippen molar-refractivity contribution in [1.29, 1.82) is 0 Å². The first-order valence-electron chi connectivity index (χ1n) is 11.3. The molecule has 172 valence electrons. The lowest BCUT2D eigenvalue weighted by atomic mass is 10.1. The number of amides is 1. The molecule has 1 N–H and O–H groups in total. The third-order valence-corrected chi connectivity index (χ3v) is 10.9. The Bertz CT molecular complexity index is 1290. The van der Waals surface area contributed by atoms with E-state index in [-0.39, 0.29) is 11.7 Å². The summed E-state index contributed by atoms with van der Waals surface area (Å²) in [7, 11) is -2.56. The van der Waals surface area contributed by atoms with E-state index in [4.69, 9.17) is 0 Å². The van der Waals surface area contributed by atoms with Gasteiger partial charge >= 0.3 is 5.97 Å². The van der Waals surface area contributed by atoms with Crippen molar-refractivity contribution in [3.05, 3.63) is 121 Å². The van der Waals surface area contributed by atoms with E-state index >= 15 is 0 Å². The van der Waals surface area contributed by atoms with Gasteiger partial charge in [0.15, 0.2) is 6.04 Å². The summed E-state index contributed by atoms with van der Waals surface area (Å²) in [4.78, 5) is 39.9. The number of aliphatic carboxylic acids is 1. The molecule has 0 saturated heterocycles. The number of carbonyl (C=O) groups excluding carboxylic acids is 2. The van der Waals surface area contributed by atoms with Crippen LogP contribution in [0.5, 0.6) is 0 Å². The fourth-order valence-electron chi connectivity index (χ4n) is 4.86. The predicted octanol–water partition coefficient (Wildman–Crippen LogP) is 3.66. The third kappa shape index (κ3) is 3.84. The largest absolute Gasteiger partial charge is 0.480 e. The number of carbonyl (C=O) groups is 3. The minimum absolute atomic E-state index is 0.147. The molecule has 0 spiro atoms. The average molecular weight is 480 g/mol. The van der Waals surface area contributed by atoms with Crippen molar-refractivity contribution in [3.8, 4) is 0 Å². The lowest BCUT2D eigenvalue weighted by Gasteiger charge is -2.33. The number of para-hydroxylation sites is 1. The highest BCUT2D eigenvalue weighted by atomic mass is 31.2. The number of Topliss-reactive ketones (excluding diaryl/α,β-unsaturated/α-hetero) is 1. The van der Waals surface area contributed by atoms with Gasteiger partial charge in [-0.25, -0.2) is 4.79 Å². The predicted molar refractivity (Wildman–Crippen MR) is 140 cm³/mol. The van der Waals surface area contributed by atoms with Gasteiger partial charge in [0.25, 0.3) is 11.7 Å². The van der Waals surface area contributed by atoms with Crippen molar-refractivity contribution >= 4 is 46.5 Å². The van der Waals surface area contributed by atoms with E-state index < -0.39 is 31.0 Å². The lowest BCUT2D eigenvalue weighted by molar-refractivity contribution is -0.139. The Kier molecular flexibility index (Phi) is 6.02. The number of hydrogen-bond acceptors (Lipinski definition) is 3. The summed E-state index contributed by atoms with van der Waals surface area (Å²) in [6.45, 7) is 0. The number of benzene rings is 4. The molecular formula is C29H23NO4P+. The highest BCUT2D eigenvalue weighted by Crippen LogP contribution is 2.56. The zero-order valence-electron chi connectivity index (χ0n) is 18.8. The molecule has 35 heavy (non-hydrogen) atoms. The monoisotopic (exact) mass is 480 g/mol. The number of ketones is 1. The molecule has 0 aromatic heterocycles. The maximum absolute atomic E-state index is 13.1. The highest BCUT2D eigenvalue weighted by Gasteiger charge is 2.53. The van der Waals surface area contributed by atoms with E-state index in [0.29, 0.717) is 5.69 Å². The maximum Gasteiger partial charge on any atom is 0.330 e. The van der Waals surface area contributed by atoms with E-state index in [0.717, 1.165) is 15.9 Å². The molecule has 0 aliphatic carbocycles. The molecule has 4 aromatic carbocycles. The zero-order valence-corrected chi connectivity index (χ0v) is 19.7. The Morgan fingerprint density at radius 2 is 1.11 bits per heavy atom. The van der Waals surface area contributed by atoms with Gasteiger partial charge in [-0.3, -0.25) is 14.5 Å². The average Bonchev–Trinajstić information content (AvgIpc) is 3.16. The van der Waals surface area contributed by atoms with Crippen molar-refractivity contribution < 1.29 is 19.5 Å².